The van der Waals surface area contributed by atoms with Crippen LogP contribution in [-0.4, -0.2) is 41.0 Å². The van der Waals surface area contributed by atoms with Crippen molar-refractivity contribution in [2.45, 2.75) is 58.9 Å². The molecule has 1 saturated heterocycles. The predicted molar refractivity (Wildman–Crippen MR) is 124 cm³/mol. The van der Waals surface area contributed by atoms with Gasteiger partial charge in [0.15, 0.2) is 0 Å². The van der Waals surface area contributed by atoms with Crippen LogP contribution in [0.15, 0.2) is 59.4 Å². The molecule has 0 bridgehead atoms. The van der Waals surface area contributed by atoms with Crippen molar-refractivity contribution >= 4 is 11.8 Å². The number of amides is 2. The molecule has 2 amide bonds. The van der Waals surface area contributed by atoms with Gasteiger partial charge in [-0.2, -0.15) is 0 Å². The number of hydrogen-bond donors (Lipinski definition) is 2. The molecule has 1 aromatic rings. The van der Waals surface area contributed by atoms with Crippen molar-refractivity contribution in [1.82, 2.24) is 10.2 Å². The Balaban J connectivity index is 1.63. The van der Waals surface area contributed by atoms with Crippen molar-refractivity contribution in [3.05, 3.63) is 70.5 Å². The molecule has 3 rings (SSSR count). The van der Waals surface area contributed by atoms with Crippen molar-refractivity contribution in [2.24, 2.45) is 5.92 Å². The molecule has 0 radical (unpaired) electrons. The number of nitrogens with zero attached hydrogens (tertiary/aromatic N) is 1. The van der Waals surface area contributed by atoms with Gasteiger partial charge >= 0.3 is 0 Å². The number of aliphatic hydroxyl groups is 1. The van der Waals surface area contributed by atoms with Crippen LogP contribution in [0.2, 0.25) is 0 Å². The molecule has 0 aromatic heterocycles. The highest BCUT2D eigenvalue weighted by Crippen LogP contribution is 2.29. The van der Waals surface area contributed by atoms with Crippen LogP contribution in [0, 0.1) is 12.8 Å². The number of aryl methyl sites for hydroxylation is 1. The molecule has 1 heterocycles. The second-order valence-corrected chi connectivity index (χ2v) is 9.13. The second-order valence-electron chi connectivity index (χ2n) is 9.13. The van der Waals surface area contributed by atoms with Crippen LogP contribution < -0.4 is 5.32 Å². The smallest absolute Gasteiger partial charge is 0.251 e. The van der Waals surface area contributed by atoms with Crippen LogP contribution in [0.3, 0.4) is 0 Å². The second kappa shape index (κ2) is 9.99. The standard InChI is InChI=1S/C26H34N2O3/c1-17(2)24(27-25(30)22-10-7-19(4)15-23(29)16-22)26(31)28-13-11-21(12-14-28)20-8-5-18(3)6-9-20/h5-6,8-10,15-17,21,24,29H,7,11-14H2,1-4H3,(H,27,30)/t24-/m1/s1. The number of likely N-dealkylation sites (tertiary alicyclic amines) is 1. The van der Waals surface area contributed by atoms with Gasteiger partial charge in [-0.15, -0.1) is 0 Å². The summed E-state index contributed by atoms with van der Waals surface area (Å²) in [5, 5.41) is 12.9. The maximum absolute atomic E-state index is 13.2. The maximum Gasteiger partial charge on any atom is 0.251 e. The van der Waals surface area contributed by atoms with Crippen molar-refractivity contribution < 1.29 is 14.7 Å². The van der Waals surface area contributed by atoms with Crippen molar-refractivity contribution in [3.63, 3.8) is 0 Å². The minimum absolute atomic E-state index is 0.0255. The van der Waals surface area contributed by atoms with Gasteiger partial charge in [0.25, 0.3) is 5.91 Å². The highest BCUT2D eigenvalue weighted by atomic mass is 16.3. The van der Waals surface area contributed by atoms with Gasteiger partial charge in [-0.25, -0.2) is 0 Å². The Bertz CT molecular complexity index is 901. The Morgan fingerprint density at radius 3 is 2.32 bits per heavy atom. The summed E-state index contributed by atoms with van der Waals surface area (Å²) in [6.07, 6.45) is 7.36. The molecule has 0 saturated carbocycles. The van der Waals surface area contributed by atoms with Gasteiger partial charge in [-0.05, 0) is 62.7 Å². The molecule has 5 nitrogen and oxygen atoms in total. The predicted octanol–water partition coefficient (Wildman–Crippen LogP) is 4.56. The van der Waals surface area contributed by atoms with Crippen LogP contribution in [0.5, 0.6) is 0 Å². The van der Waals surface area contributed by atoms with Gasteiger partial charge in [-0.3, -0.25) is 9.59 Å². The largest absolute Gasteiger partial charge is 0.508 e. The molecule has 2 aliphatic rings. The Hall–Kier alpha value is -2.82. The van der Waals surface area contributed by atoms with Crippen LogP contribution in [0.1, 0.15) is 57.1 Å². The number of nitrogens with one attached hydrogen (secondary N) is 1. The minimum atomic E-state index is -0.586. The van der Waals surface area contributed by atoms with Crippen molar-refractivity contribution in [1.29, 1.82) is 0 Å². The number of allylic oxidation sites excluding steroid dienone is 3. The van der Waals surface area contributed by atoms with Gasteiger partial charge in [0.2, 0.25) is 5.91 Å². The number of rotatable bonds is 5. The lowest BCUT2D eigenvalue weighted by Crippen LogP contribution is -2.53. The van der Waals surface area contributed by atoms with E-state index in [1.54, 1.807) is 12.2 Å². The van der Waals surface area contributed by atoms with Crippen LogP contribution in [-0.2, 0) is 9.59 Å². The molecule has 166 valence electrons. The topological polar surface area (TPSA) is 69.6 Å². The van der Waals surface area contributed by atoms with E-state index in [-0.39, 0.29) is 23.5 Å². The Labute approximate surface area is 185 Å². The fourth-order valence-electron chi connectivity index (χ4n) is 4.21. The molecule has 0 spiro atoms. The van der Waals surface area contributed by atoms with E-state index in [9.17, 15) is 14.7 Å². The van der Waals surface area contributed by atoms with Crippen LogP contribution >= 0.6 is 0 Å². The minimum Gasteiger partial charge on any atom is -0.508 e. The number of benzene rings is 1. The molecule has 1 fully saturated rings. The molecular formula is C26H34N2O3. The summed E-state index contributed by atoms with van der Waals surface area (Å²) in [6, 6.07) is 8.08. The first-order chi connectivity index (χ1) is 14.7. The number of hydrogen-bond acceptors (Lipinski definition) is 3. The van der Waals surface area contributed by atoms with Crippen molar-refractivity contribution in [2.75, 3.05) is 13.1 Å². The molecule has 1 aliphatic heterocycles. The number of carbonyl (C=O) groups is 2. The fourth-order valence-corrected chi connectivity index (χ4v) is 4.21. The van der Waals surface area contributed by atoms with Gasteiger partial charge in [-0.1, -0.05) is 55.3 Å². The summed E-state index contributed by atoms with van der Waals surface area (Å²) < 4.78 is 0. The molecule has 31 heavy (non-hydrogen) atoms. The SMILES string of the molecule is CC1=CC(O)=CC(C(=O)N[C@@H](C(=O)N2CCC(c3ccc(C)cc3)CC2)C(C)C)=CC1. The summed E-state index contributed by atoms with van der Waals surface area (Å²) in [7, 11) is 0. The number of piperidine rings is 1. The Kier molecular flexibility index (Phi) is 7.37. The molecule has 1 atom stereocenters. The highest BCUT2D eigenvalue weighted by Gasteiger charge is 2.32. The first-order valence-electron chi connectivity index (χ1n) is 11.2. The quantitative estimate of drug-likeness (QED) is 0.731. The summed E-state index contributed by atoms with van der Waals surface area (Å²) in [5.41, 5.74) is 3.96. The molecular weight excluding hydrogens is 388 g/mol. The first-order valence-corrected chi connectivity index (χ1v) is 11.2. The van der Waals surface area contributed by atoms with Crippen LogP contribution in [0.4, 0.5) is 0 Å². The lowest BCUT2D eigenvalue weighted by molar-refractivity contribution is -0.137. The lowest BCUT2D eigenvalue weighted by atomic mass is 9.88. The van der Waals surface area contributed by atoms with Crippen LogP contribution in [0.25, 0.3) is 0 Å². The zero-order valence-electron chi connectivity index (χ0n) is 19.0. The third-order valence-electron chi connectivity index (χ3n) is 6.18. The van der Waals surface area contributed by atoms with Gasteiger partial charge < -0.3 is 15.3 Å². The number of aliphatic hydroxyl groups excluding tert-OH is 1. The molecule has 0 unspecified atom stereocenters. The fraction of sp³-hybridized carbons (Fsp3) is 0.462. The van der Waals surface area contributed by atoms with E-state index >= 15 is 0 Å². The van der Waals surface area contributed by atoms with Gasteiger partial charge in [0.05, 0.1) is 0 Å². The van der Waals surface area contributed by atoms with E-state index in [0.717, 1.165) is 18.4 Å². The molecule has 1 aliphatic carbocycles. The van der Waals surface area contributed by atoms with E-state index < -0.39 is 6.04 Å². The van der Waals surface area contributed by atoms with Crippen molar-refractivity contribution in [3.8, 4) is 0 Å². The zero-order valence-corrected chi connectivity index (χ0v) is 19.0. The highest BCUT2D eigenvalue weighted by molar-refractivity contribution is 5.99. The zero-order chi connectivity index (χ0) is 22.5. The summed E-state index contributed by atoms with van der Waals surface area (Å²) >= 11 is 0. The third-order valence-corrected chi connectivity index (χ3v) is 6.18. The summed E-state index contributed by atoms with van der Waals surface area (Å²) in [4.78, 5) is 28.0. The summed E-state index contributed by atoms with van der Waals surface area (Å²) in [5.74, 6) is 0.146. The van der Waals surface area contributed by atoms with E-state index in [0.29, 0.717) is 31.0 Å². The van der Waals surface area contributed by atoms with E-state index in [1.165, 1.54) is 17.2 Å². The monoisotopic (exact) mass is 422 g/mol. The first kappa shape index (κ1) is 22.9. The average molecular weight is 423 g/mol. The number of carbonyl (C=O) groups excluding carboxylic acids is 2. The normalized spacial score (nSPS) is 18.6. The maximum atomic E-state index is 13.2. The van der Waals surface area contributed by atoms with E-state index in [1.807, 2.05) is 25.7 Å². The molecule has 5 heteroatoms. The molecule has 1 aromatic carbocycles. The van der Waals surface area contributed by atoms with E-state index in [2.05, 4.69) is 36.5 Å². The van der Waals surface area contributed by atoms with Gasteiger partial charge in [0.1, 0.15) is 11.8 Å². The van der Waals surface area contributed by atoms with Gasteiger partial charge in [0, 0.05) is 18.7 Å². The molecule has 2 N–H and O–H groups in total. The van der Waals surface area contributed by atoms with E-state index in [4.69, 9.17) is 0 Å². The summed E-state index contributed by atoms with van der Waals surface area (Å²) in [6.45, 7) is 9.28. The average Bonchev–Trinajstić information content (AvgIpc) is 2.92. The Morgan fingerprint density at radius 1 is 1.06 bits per heavy atom. The third kappa shape index (κ3) is 5.87. The Morgan fingerprint density at radius 2 is 1.71 bits per heavy atom. The lowest BCUT2D eigenvalue weighted by Gasteiger charge is -2.35.